The van der Waals surface area contributed by atoms with Gasteiger partial charge in [-0.25, -0.2) is 14.0 Å². The molecule has 8 nitrogen and oxygen atoms in total. The number of benzene rings is 1. The van der Waals surface area contributed by atoms with Crippen molar-refractivity contribution in [2.75, 3.05) is 13.7 Å². The zero-order valence-corrected chi connectivity index (χ0v) is 17.0. The molecule has 0 spiro atoms. The Bertz CT molecular complexity index is 796. The summed E-state index contributed by atoms with van der Waals surface area (Å²) in [6.45, 7) is 4.94. The molecular formula is C20H26FN3O5. The van der Waals surface area contributed by atoms with Crippen LogP contribution in [0.15, 0.2) is 24.3 Å². The second-order valence-corrected chi connectivity index (χ2v) is 7.36. The van der Waals surface area contributed by atoms with Gasteiger partial charge in [0.25, 0.3) is 5.91 Å². The van der Waals surface area contributed by atoms with Crippen molar-refractivity contribution in [2.45, 2.75) is 45.2 Å². The van der Waals surface area contributed by atoms with Gasteiger partial charge in [0.15, 0.2) is 0 Å². The number of hydrogen-bond donors (Lipinski definition) is 2. The fraction of sp³-hybridized carbons (Fsp3) is 0.500. The van der Waals surface area contributed by atoms with Crippen molar-refractivity contribution in [3.63, 3.8) is 0 Å². The first-order valence-corrected chi connectivity index (χ1v) is 9.42. The molecule has 0 aromatic heterocycles. The minimum Gasteiger partial charge on any atom is -0.467 e. The third kappa shape index (κ3) is 4.72. The Morgan fingerprint density at radius 1 is 1.24 bits per heavy atom. The van der Waals surface area contributed by atoms with Gasteiger partial charge in [0, 0.05) is 0 Å². The number of ether oxygens (including phenoxy) is 1. The SMILES string of the molecule is CC[C@@]1(c2ccc(F)cc2)NC(=O)N(CC(=O)N[C@H](CC(C)C)C(=O)OC)C1=O. The average Bonchev–Trinajstić information content (AvgIpc) is 2.92. The molecule has 0 unspecified atom stereocenters. The lowest BCUT2D eigenvalue weighted by Crippen LogP contribution is -2.48. The standard InChI is InChI=1S/C20H26FN3O5/c1-5-20(13-6-8-14(21)9-7-13)18(27)24(19(28)23-20)11-16(25)22-15(10-12(2)3)17(26)29-4/h6-9,12,15H,5,10-11H2,1-4H3,(H,22,25)(H,23,28)/t15-,20+/m1/s1. The Morgan fingerprint density at radius 2 is 1.86 bits per heavy atom. The van der Waals surface area contributed by atoms with E-state index in [1.165, 1.54) is 31.4 Å². The van der Waals surface area contributed by atoms with Crippen LogP contribution in [0, 0.1) is 11.7 Å². The number of nitrogens with zero attached hydrogens (tertiary/aromatic N) is 1. The number of methoxy groups -OCH3 is 1. The smallest absolute Gasteiger partial charge is 0.328 e. The minimum absolute atomic E-state index is 0.113. The number of nitrogens with one attached hydrogen (secondary N) is 2. The van der Waals surface area contributed by atoms with Gasteiger partial charge in [-0.3, -0.25) is 14.5 Å². The molecule has 0 aliphatic carbocycles. The van der Waals surface area contributed by atoms with Gasteiger partial charge in [0.05, 0.1) is 7.11 Å². The van der Waals surface area contributed by atoms with Crippen molar-refractivity contribution in [2.24, 2.45) is 5.92 Å². The lowest BCUT2D eigenvalue weighted by molar-refractivity contribution is -0.145. The van der Waals surface area contributed by atoms with E-state index >= 15 is 0 Å². The highest BCUT2D eigenvalue weighted by molar-refractivity contribution is 6.09. The van der Waals surface area contributed by atoms with Crippen LogP contribution in [0.4, 0.5) is 9.18 Å². The zero-order valence-electron chi connectivity index (χ0n) is 17.0. The molecule has 29 heavy (non-hydrogen) atoms. The molecule has 0 saturated carbocycles. The van der Waals surface area contributed by atoms with Gasteiger partial charge in [-0.1, -0.05) is 32.9 Å². The largest absolute Gasteiger partial charge is 0.467 e. The van der Waals surface area contributed by atoms with Crippen LogP contribution in [0.25, 0.3) is 0 Å². The molecule has 2 rings (SSSR count). The van der Waals surface area contributed by atoms with Gasteiger partial charge in [-0.05, 0) is 36.5 Å². The summed E-state index contributed by atoms with van der Waals surface area (Å²) in [6, 6.07) is 3.66. The topological polar surface area (TPSA) is 105 Å². The summed E-state index contributed by atoms with van der Waals surface area (Å²) in [5.74, 6) is -2.21. The lowest BCUT2D eigenvalue weighted by atomic mass is 9.87. The highest BCUT2D eigenvalue weighted by Crippen LogP contribution is 2.32. The zero-order chi connectivity index (χ0) is 21.8. The molecule has 1 aliphatic heterocycles. The monoisotopic (exact) mass is 407 g/mol. The van der Waals surface area contributed by atoms with Crippen LogP contribution in [0.2, 0.25) is 0 Å². The van der Waals surface area contributed by atoms with Crippen molar-refractivity contribution in [3.05, 3.63) is 35.6 Å². The number of hydrogen-bond acceptors (Lipinski definition) is 5. The number of esters is 1. The van der Waals surface area contributed by atoms with Crippen molar-refractivity contribution in [1.82, 2.24) is 15.5 Å². The summed E-state index contributed by atoms with van der Waals surface area (Å²) >= 11 is 0. The van der Waals surface area contributed by atoms with Crippen LogP contribution in [-0.2, 0) is 24.7 Å². The van der Waals surface area contributed by atoms with E-state index < -0.39 is 47.8 Å². The number of imide groups is 1. The molecule has 1 heterocycles. The lowest BCUT2D eigenvalue weighted by Gasteiger charge is -2.26. The first-order valence-electron chi connectivity index (χ1n) is 9.42. The molecule has 1 aromatic rings. The Balaban J connectivity index is 2.17. The fourth-order valence-electron chi connectivity index (χ4n) is 3.35. The highest BCUT2D eigenvalue weighted by Gasteiger charge is 2.51. The maximum absolute atomic E-state index is 13.3. The molecule has 1 aromatic carbocycles. The number of urea groups is 1. The van der Waals surface area contributed by atoms with Gasteiger partial charge < -0.3 is 15.4 Å². The number of halogens is 1. The molecule has 4 amide bonds. The van der Waals surface area contributed by atoms with Crippen molar-refractivity contribution in [1.29, 1.82) is 0 Å². The van der Waals surface area contributed by atoms with Crippen molar-refractivity contribution in [3.8, 4) is 0 Å². The van der Waals surface area contributed by atoms with E-state index in [4.69, 9.17) is 4.74 Å². The first kappa shape index (κ1) is 22.3. The molecule has 1 saturated heterocycles. The number of rotatable bonds is 8. The third-order valence-corrected chi connectivity index (χ3v) is 4.87. The quantitative estimate of drug-likeness (QED) is 0.504. The summed E-state index contributed by atoms with van der Waals surface area (Å²) in [5, 5.41) is 5.14. The van der Waals surface area contributed by atoms with Gasteiger partial charge in [-0.2, -0.15) is 0 Å². The maximum atomic E-state index is 13.3. The molecule has 0 bridgehead atoms. The molecule has 2 atom stereocenters. The maximum Gasteiger partial charge on any atom is 0.328 e. The molecule has 1 fully saturated rings. The Kier molecular flexibility index (Phi) is 6.94. The van der Waals surface area contributed by atoms with E-state index in [9.17, 15) is 23.6 Å². The van der Waals surface area contributed by atoms with Crippen molar-refractivity contribution < 1.29 is 28.3 Å². The third-order valence-electron chi connectivity index (χ3n) is 4.87. The van der Waals surface area contributed by atoms with E-state index in [2.05, 4.69) is 10.6 Å². The number of amides is 4. The van der Waals surface area contributed by atoms with Gasteiger partial charge in [0.1, 0.15) is 23.9 Å². The van der Waals surface area contributed by atoms with Gasteiger partial charge in [0.2, 0.25) is 5.91 Å². The first-order chi connectivity index (χ1) is 13.6. The van der Waals surface area contributed by atoms with E-state index in [1.807, 2.05) is 13.8 Å². The number of carbonyl (C=O) groups excluding carboxylic acids is 4. The predicted octanol–water partition coefficient (Wildman–Crippen LogP) is 1.69. The molecule has 1 aliphatic rings. The van der Waals surface area contributed by atoms with Crippen LogP contribution in [0.1, 0.15) is 39.2 Å². The van der Waals surface area contributed by atoms with Crippen LogP contribution < -0.4 is 10.6 Å². The van der Waals surface area contributed by atoms with E-state index in [-0.39, 0.29) is 12.3 Å². The Morgan fingerprint density at radius 3 is 2.38 bits per heavy atom. The van der Waals surface area contributed by atoms with Crippen LogP contribution in [-0.4, -0.2) is 48.4 Å². The van der Waals surface area contributed by atoms with Crippen LogP contribution in [0.5, 0.6) is 0 Å². The van der Waals surface area contributed by atoms with Crippen LogP contribution in [0.3, 0.4) is 0 Å². The Hall–Kier alpha value is -2.97. The van der Waals surface area contributed by atoms with Gasteiger partial charge >= 0.3 is 12.0 Å². The molecule has 158 valence electrons. The summed E-state index contributed by atoms with van der Waals surface area (Å²) in [4.78, 5) is 50.6. The number of carbonyl (C=O) groups is 4. The predicted molar refractivity (Wildman–Crippen MR) is 102 cm³/mol. The van der Waals surface area contributed by atoms with Crippen molar-refractivity contribution >= 4 is 23.8 Å². The summed E-state index contributed by atoms with van der Waals surface area (Å²) in [6.07, 6.45) is 0.576. The molecule has 0 radical (unpaired) electrons. The molecule has 9 heteroatoms. The normalized spacial score (nSPS) is 19.9. The second kappa shape index (κ2) is 9.02. The van der Waals surface area contributed by atoms with Crippen LogP contribution >= 0.6 is 0 Å². The molecular weight excluding hydrogens is 381 g/mol. The summed E-state index contributed by atoms with van der Waals surface area (Å²) in [5.41, 5.74) is -0.944. The fourth-order valence-corrected chi connectivity index (χ4v) is 3.35. The highest BCUT2D eigenvalue weighted by atomic mass is 19.1. The summed E-state index contributed by atoms with van der Waals surface area (Å²) < 4.78 is 18.0. The average molecular weight is 407 g/mol. The summed E-state index contributed by atoms with van der Waals surface area (Å²) in [7, 11) is 1.22. The minimum atomic E-state index is -1.37. The molecule has 2 N–H and O–H groups in total. The Labute approximate surface area is 168 Å². The van der Waals surface area contributed by atoms with E-state index in [1.54, 1.807) is 6.92 Å². The van der Waals surface area contributed by atoms with E-state index in [0.29, 0.717) is 12.0 Å². The van der Waals surface area contributed by atoms with E-state index in [0.717, 1.165) is 4.90 Å². The van der Waals surface area contributed by atoms with Gasteiger partial charge in [-0.15, -0.1) is 0 Å². The second-order valence-electron chi connectivity index (χ2n) is 7.36.